The van der Waals surface area contributed by atoms with Gasteiger partial charge >= 0.3 is 0 Å². The van der Waals surface area contributed by atoms with Crippen molar-refractivity contribution in [1.82, 2.24) is 10.2 Å². The van der Waals surface area contributed by atoms with Crippen molar-refractivity contribution < 1.29 is 9.59 Å². The fourth-order valence-corrected chi connectivity index (χ4v) is 3.33. The molecule has 4 nitrogen and oxygen atoms in total. The van der Waals surface area contributed by atoms with Gasteiger partial charge in [0.2, 0.25) is 11.8 Å². The standard InChI is InChI=1S/C22H26N2O2/c1-16-5-10-20(17(2)12-16)13-21(25)23-14-18-6-8-19(9-7-18)15-24-11-3-4-22(24)26/h5-10,12H,3-4,11,13-15H2,1-2H3,(H,23,25). The summed E-state index contributed by atoms with van der Waals surface area (Å²) in [5, 5.41) is 2.99. The Morgan fingerprint density at radius 1 is 1.08 bits per heavy atom. The zero-order valence-electron chi connectivity index (χ0n) is 15.5. The summed E-state index contributed by atoms with van der Waals surface area (Å²) in [5.74, 6) is 0.274. The first-order chi connectivity index (χ1) is 12.5. The third-order valence-corrected chi connectivity index (χ3v) is 4.91. The summed E-state index contributed by atoms with van der Waals surface area (Å²) < 4.78 is 0. The first-order valence-corrected chi connectivity index (χ1v) is 9.20. The summed E-state index contributed by atoms with van der Waals surface area (Å²) in [6, 6.07) is 14.3. The third-order valence-electron chi connectivity index (χ3n) is 4.91. The van der Waals surface area contributed by atoms with Crippen LogP contribution in [0.15, 0.2) is 42.5 Å². The molecule has 1 aliphatic rings. The van der Waals surface area contributed by atoms with Crippen LogP contribution in [0, 0.1) is 13.8 Å². The van der Waals surface area contributed by atoms with Crippen LogP contribution in [0.5, 0.6) is 0 Å². The molecule has 1 N–H and O–H groups in total. The highest BCUT2D eigenvalue weighted by Gasteiger charge is 2.19. The fourth-order valence-electron chi connectivity index (χ4n) is 3.33. The number of benzene rings is 2. The number of hydrogen-bond donors (Lipinski definition) is 1. The van der Waals surface area contributed by atoms with Gasteiger partial charge in [-0.05, 0) is 42.5 Å². The molecule has 4 heteroatoms. The number of carbonyl (C=O) groups excluding carboxylic acids is 2. The first-order valence-electron chi connectivity index (χ1n) is 9.20. The molecule has 1 heterocycles. The van der Waals surface area contributed by atoms with E-state index in [0.29, 0.717) is 25.9 Å². The maximum atomic E-state index is 12.2. The summed E-state index contributed by atoms with van der Waals surface area (Å²) in [4.78, 5) is 25.8. The SMILES string of the molecule is Cc1ccc(CC(=O)NCc2ccc(CN3CCCC3=O)cc2)c(C)c1. The summed E-state index contributed by atoms with van der Waals surface area (Å²) in [6.07, 6.45) is 2.04. The molecule has 0 spiro atoms. The molecular formula is C22H26N2O2. The van der Waals surface area contributed by atoms with Gasteiger partial charge in [0.15, 0.2) is 0 Å². The van der Waals surface area contributed by atoms with Gasteiger partial charge in [-0.3, -0.25) is 9.59 Å². The average Bonchev–Trinajstić information content (AvgIpc) is 3.02. The fraction of sp³-hybridized carbons (Fsp3) is 0.364. The second-order valence-electron chi connectivity index (χ2n) is 7.12. The average molecular weight is 350 g/mol. The molecule has 2 aromatic carbocycles. The number of likely N-dealkylation sites (tertiary alicyclic amines) is 1. The predicted octanol–water partition coefficient (Wildman–Crippen LogP) is 3.28. The number of aryl methyl sites for hydroxylation is 2. The van der Waals surface area contributed by atoms with Crippen molar-refractivity contribution in [1.29, 1.82) is 0 Å². The Bertz CT molecular complexity index is 796. The topological polar surface area (TPSA) is 49.4 Å². The zero-order valence-corrected chi connectivity index (χ0v) is 15.5. The van der Waals surface area contributed by atoms with Gasteiger partial charge in [0.25, 0.3) is 0 Å². The van der Waals surface area contributed by atoms with Crippen molar-refractivity contribution in [2.75, 3.05) is 6.54 Å². The molecule has 1 aliphatic heterocycles. The van der Waals surface area contributed by atoms with Crippen molar-refractivity contribution in [3.8, 4) is 0 Å². The van der Waals surface area contributed by atoms with E-state index < -0.39 is 0 Å². The van der Waals surface area contributed by atoms with E-state index in [1.807, 2.05) is 48.2 Å². The predicted molar refractivity (Wildman–Crippen MR) is 103 cm³/mol. The van der Waals surface area contributed by atoms with E-state index in [0.717, 1.165) is 35.2 Å². The Hall–Kier alpha value is -2.62. The van der Waals surface area contributed by atoms with Crippen LogP contribution < -0.4 is 5.32 Å². The van der Waals surface area contributed by atoms with Crippen LogP contribution in [-0.2, 0) is 29.1 Å². The molecule has 0 unspecified atom stereocenters. The van der Waals surface area contributed by atoms with Crippen molar-refractivity contribution in [2.45, 2.75) is 46.2 Å². The van der Waals surface area contributed by atoms with E-state index in [1.54, 1.807) is 0 Å². The molecule has 0 bridgehead atoms. The Balaban J connectivity index is 1.49. The number of amides is 2. The van der Waals surface area contributed by atoms with Crippen molar-refractivity contribution in [3.63, 3.8) is 0 Å². The minimum atomic E-state index is 0.0312. The summed E-state index contributed by atoms with van der Waals surface area (Å²) in [7, 11) is 0. The highest BCUT2D eigenvalue weighted by molar-refractivity contribution is 5.79. The lowest BCUT2D eigenvalue weighted by Gasteiger charge is -2.15. The van der Waals surface area contributed by atoms with Gasteiger partial charge in [0, 0.05) is 26.1 Å². The van der Waals surface area contributed by atoms with Gasteiger partial charge in [-0.25, -0.2) is 0 Å². The lowest BCUT2D eigenvalue weighted by atomic mass is 10.0. The molecule has 0 aromatic heterocycles. The third kappa shape index (κ3) is 4.72. The molecule has 1 saturated heterocycles. The Kier molecular flexibility index (Phi) is 5.71. The summed E-state index contributed by atoms with van der Waals surface area (Å²) in [5.41, 5.74) is 5.63. The second-order valence-corrected chi connectivity index (χ2v) is 7.12. The molecule has 0 radical (unpaired) electrons. The van der Waals surface area contributed by atoms with Gasteiger partial charge in [-0.1, -0.05) is 48.0 Å². The van der Waals surface area contributed by atoms with Gasteiger partial charge < -0.3 is 10.2 Å². The molecule has 0 atom stereocenters. The van der Waals surface area contributed by atoms with Gasteiger partial charge in [0.05, 0.1) is 6.42 Å². The number of nitrogens with one attached hydrogen (secondary N) is 1. The highest BCUT2D eigenvalue weighted by Crippen LogP contribution is 2.15. The normalized spacial score (nSPS) is 13.9. The highest BCUT2D eigenvalue weighted by atomic mass is 16.2. The largest absolute Gasteiger partial charge is 0.352 e. The van der Waals surface area contributed by atoms with E-state index in [9.17, 15) is 9.59 Å². The van der Waals surface area contributed by atoms with Crippen molar-refractivity contribution in [3.05, 3.63) is 70.3 Å². The molecule has 136 valence electrons. The molecule has 1 fully saturated rings. The molecule has 26 heavy (non-hydrogen) atoms. The van der Waals surface area contributed by atoms with Crippen LogP contribution in [0.25, 0.3) is 0 Å². The van der Waals surface area contributed by atoms with Crippen LogP contribution in [0.2, 0.25) is 0 Å². The van der Waals surface area contributed by atoms with E-state index in [-0.39, 0.29) is 11.8 Å². The smallest absolute Gasteiger partial charge is 0.224 e. The Labute approximate surface area is 155 Å². The van der Waals surface area contributed by atoms with Crippen molar-refractivity contribution >= 4 is 11.8 Å². The van der Waals surface area contributed by atoms with Gasteiger partial charge in [-0.2, -0.15) is 0 Å². The molecule has 2 amide bonds. The lowest BCUT2D eigenvalue weighted by molar-refractivity contribution is -0.128. The lowest BCUT2D eigenvalue weighted by Crippen LogP contribution is -2.25. The maximum absolute atomic E-state index is 12.2. The van der Waals surface area contributed by atoms with E-state index in [1.165, 1.54) is 5.56 Å². The minimum absolute atomic E-state index is 0.0312. The molecule has 2 aromatic rings. The van der Waals surface area contributed by atoms with E-state index >= 15 is 0 Å². The minimum Gasteiger partial charge on any atom is -0.352 e. The number of rotatable bonds is 6. The molecule has 0 aliphatic carbocycles. The van der Waals surface area contributed by atoms with Gasteiger partial charge in [-0.15, -0.1) is 0 Å². The summed E-state index contributed by atoms with van der Waals surface area (Å²) in [6.45, 7) is 6.15. The second kappa shape index (κ2) is 8.17. The van der Waals surface area contributed by atoms with E-state index in [2.05, 4.69) is 18.3 Å². The number of carbonyl (C=O) groups is 2. The molecule has 3 rings (SSSR count). The maximum Gasteiger partial charge on any atom is 0.224 e. The van der Waals surface area contributed by atoms with Crippen LogP contribution >= 0.6 is 0 Å². The van der Waals surface area contributed by atoms with Crippen LogP contribution in [0.3, 0.4) is 0 Å². The van der Waals surface area contributed by atoms with Crippen LogP contribution in [0.4, 0.5) is 0 Å². The number of hydrogen-bond acceptors (Lipinski definition) is 2. The van der Waals surface area contributed by atoms with Crippen molar-refractivity contribution in [2.24, 2.45) is 0 Å². The van der Waals surface area contributed by atoms with Gasteiger partial charge in [0.1, 0.15) is 0 Å². The first kappa shape index (κ1) is 18.2. The summed E-state index contributed by atoms with van der Waals surface area (Å²) >= 11 is 0. The zero-order chi connectivity index (χ0) is 18.5. The Morgan fingerprint density at radius 3 is 2.46 bits per heavy atom. The molecule has 0 saturated carbocycles. The quantitative estimate of drug-likeness (QED) is 0.869. The molecular weight excluding hydrogens is 324 g/mol. The monoisotopic (exact) mass is 350 g/mol. The van der Waals surface area contributed by atoms with E-state index in [4.69, 9.17) is 0 Å². The number of nitrogens with zero attached hydrogens (tertiary/aromatic N) is 1. The van der Waals surface area contributed by atoms with Crippen LogP contribution in [0.1, 0.15) is 40.7 Å². The Morgan fingerprint density at radius 2 is 1.81 bits per heavy atom. The van der Waals surface area contributed by atoms with Crippen LogP contribution in [-0.4, -0.2) is 23.3 Å².